The molecule has 0 aromatic heterocycles. The molecule has 0 saturated heterocycles. The molecule has 0 radical (unpaired) electrons. The summed E-state index contributed by atoms with van der Waals surface area (Å²) in [4.78, 5) is 15.8. The molecule has 0 spiro atoms. The number of hydrogen-bond acceptors (Lipinski definition) is 4. The topological polar surface area (TPSA) is 84.0 Å². The number of benzene rings is 1. The van der Waals surface area contributed by atoms with Crippen molar-refractivity contribution in [2.24, 2.45) is 10.9 Å². The minimum Gasteiger partial charge on any atom is -0.484 e. The highest BCUT2D eigenvalue weighted by Crippen LogP contribution is 2.13. The van der Waals surface area contributed by atoms with Crippen molar-refractivity contribution in [2.45, 2.75) is 46.8 Å². The quantitative estimate of drug-likeness (QED) is 0.376. The van der Waals surface area contributed by atoms with Gasteiger partial charge in [0.25, 0.3) is 5.91 Å². The van der Waals surface area contributed by atoms with E-state index in [4.69, 9.17) is 9.47 Å². The predicted octanol–water partition coefficient (Wildman–Crippen LogP) is 2.32. The number of rotatable bonds is 12. The zero-order valence-corrected chi connectivity index (χ0v) is 17.9. The normalized spacial score (nSPS) is 12.6. The summed E-state index contributed by atoms with van der Waals surface area (Å²) in [5, 5.41) is 9.33. The molecule has 1 aromatic carbocycles. The zero-order valence-electron chi connectivity index (χ0n) is 17.9. The van der Waals surface area contributed by atoms with E-state index in [1.807, 2.05) is 38.1 Å². The summed E-state index contributed by atoms with van der Waals surface area (Å²) in [5.41, 5.74) is 1.05. The van der Waals surface area contributed by atoms with Crippen LogP contribution >= 0.6 is 0 Å². The summed E-state index contributed by atoms with van der Waals surface area (Å²) >= 11 is 0. The van der Waals surface area contributed by atoms with E-state index in [0.717, 1.165) is 31.1 Å². The Hall–Kier alpha value is -2.28. The van der Waals surface area contributed by atoms with Gasteiger partial charge >= 0.3 is 0 Å². The fourth-order valence-electron chi connectivity index (χ4n) is 2.70. The summed E-state index contributed by atoms with van der Waals surface area (Å²) in [6.07, 6.45) is 1.17. The molecule has 158 valence electrons. The molecular weight excluding hydrogens is 356 g/mol. The third kappa shape index (κ3) is 9.60. The van der Waals surface area contributed by atoms with E-state index in [9.17, 15) is 4.79 Å². The van der Waals surface area contributed by atoms with Crippen LogP contribution in [0.2, 0.25) is 0 Å². The Labute approximate surface area is 169 Å². The van der Waals surface area contributed by atoms with Crippen LogP contribution in [0.1, 0.15) is 39.7 Å². The highest BCUT2D eigenvalue weighted by molar-refractivity contribution is 5.79. The molecule has 0 aliphatic rings. The molecular formula is C21H36N4O3. The molecule has 0 saturated carbocycles. The van der Waals surface area contributed by atoms with E-state index in [1.165, 1.54) is 0 Å². The van der Waals surface area contributed by atoms with E-state index >= 15 is 0 Å². The first-order chi connectivity index (χ1) is 13.5. The van der Waals surface area contributed by atoms with Gasteiger partial charge in [0.05, 0.1) is 6.10 Å². The average molecular weight is 393 g/mol. The molecule has 0 bridgehead atoms. The molecule has 3 N–H and O–H groups in total. The minimum absolute atomic E-state index is 0.0186. The number of nitrogens with one attached hydrogen (secondary N) is 3. The second-order valence-electron chi connectivity index (χ2n) is 6.77. The number of nitrogens with zero attached hydrogens (tertiary/aromatic N) is 1. The van der Waals surface area contributed by atoms with Gasteiger partial charge < -0.3 is 25.4 Å². The monoisotopic (exact) mass is 392 g/mol. The summed E-state index contributed by atoms with van der Waals surface area (Å²) in [5.74, 6) is 1.78. The lowest BCUT2D eigenvalue weighted by atomic mass is 10.0. The molecule has 0 heterocycles. The van der Waals surface area contributed by atoms with Crippen molar-refractivity contribution in [3.63, 3.8) is 0 Å². The lowest BCUT2D eigenvalue weighted by Crippen LogP contribution is -2.38. The van der Waals surface area contributed by atoms with Crippen molar-refractivity contribution in [2.75, 3.05) is 33.4 Å². The van der Waals surface area contributed by atoms with Crippen molar-refractivity contribution >= 4 is 11.9 Å². The zero-order chi connectivity index (χ0) is 20.8. The van der Waals surface area contributed by atoms with Gasteiger partial charge in [0, 0.05) is 33.3 Å². The maximum atomic E-state index is 11.5. The third-order valence-electron chi connectivity index (χ3n) is 4.17. The lowest BCUT2D eigenvalue weighted by Gasteiger charge is -2.21. The van der Waals surface area contributed by atoms with Crippen LogP contribution in [0, 0.1) is 5.92 Å². The van der Waals surface area contributed by atoms with Gasteiger partial charge in [0.15, 0.2) is 12.6 Å². The molecule has 1 atom stereocenters. The van der Waals surface area contributed by atoms with Gasteiger partial charge in [-0.2, -0.15) is 0 Å². The van der Waals surface area contributed by atoms with E-state index in [0.29, 0.717) is 24.8 Å². The third-order valence-corrected chi connectivity index (χ3v) is 4.17. The number of amides is 1. The number of ether oxygens (including phenoxy) is 2. The number of carbonyl (C=O) groups excluding carboxylic acids is 1. The van der Waals surface area contributed by atoms with Crippen LogP contribution in [-0.4, -0.2) is 51.3 Å². The van der Waals surface area contributed by atoms with Crippen molar-refractivity contribution in [1.82, 2.24) is 16.0 Å². The molecule has 1 amide bonds. The Bertz CT molecular complexity index is 605. The first-order valence-electron chi connectivity index (χ1n) is 10.0. The molecule has 1 unspecified atom stereocenters. The molecule has 0 aliphatic carbocycles. The minimum atomic E-state index is -0.123. The van der Waals surface area contributed by atoms with Gasteiger partial charge in [-0.3, -0.25) is 9.79 Å². The molecule has 28 heavy (non-hydrogen) atoms. The standard InChI is InChI=1S/C21H36N4O3/c1-6-23-20(26)15-28-18-10-8-9-17(13-18)14-25-21(22-5)24-12-11-19(16(3)4)27-7-2/h8-10,13,16,19H,6-7,11-12,14-15H2,1-5H3,(H,23,26)(H2,22,24,25). The molecule has 1 aromatic rings. The summed E-state index contributed by atoms with van der Waals surface area (Å²) in [7, 11) is 1.75. The van der Waals surface area contributed by atoms with Crippen molar-refractivity contribution in [3.05, 3.63) is 29.8 Å². The molecule has 0 aliphatic heterocycles. The average Bonchev–Trinajstić information content (AvgIpc) is 2.68. The second-order valence-corrected chi connectivity index (χ2v) is 6.77. The first kappa shape index (κ1) is 23.8. The van der Waals surface area contributed by atoms with Crippen molar-refractivity contribution < 1.29 is 14.3 Å². The van der Waals surface area contributed by atoms with Crippen LogP contribution in [0.4, 0.5) is 0 Å². The van der Waals surface area contributed by atoms with Crippen molar-refractivity contribution in [1.29, 1.82) is 0 Å². The Morgan fingerprint density at radius 2 is 1.96 bits per heavy atom. The van der Waals surface area contributed by atoms with Gasteiger partial charge in [-0.05, 0) is 43.9 Å². The van der Waals surface area contributed by atoms with Crippen LogP contribution in [0.15, 0.2) is 29.3 Å². The SMILES string of the molecule is CCNC(=O)COc1cccc(CNC(=NC)NCCC(OCC)C(C)C)c1. The molecule has 7 heteroatoms. The summed E-state index contributed by atoms with van der Waals surface area (Å²) in [6.45, 7) is 11.0. The van der Waals surface area contributed by atoms with Gasteiger partial charge in [0.2, 0.25) is 0 Å². The highest BCUT2D eigenvalue weighted by Gasteiger charge is 2.13. The summed E-state index contributed by atoms with van der Waals surface area (Å²) < 4.78 is 11.3. The lowest BCUT2D eigenvalue weighted by molar-refractivity contribution is -0.122. The van der Waals surface area contributed by atoms with Crippen LogP contribution in [-0.2, 0) is 16.1 Å². The van der Waals surface area contributed by atoms with E-state index in [1.54, 1.807) is 7.05 Å². The van der Waals surface area contributed by atoms with Crippen molar-refractivity contribution in [3.8, 4) is 5.75 Å². The van der Waals surface area contributed by atoms with Crippen LogP contribution < -0.4 is 20.7 Å². The Kier molecular flexibility index (Phi) is 11.7. The summed E-state index contributed by atoms with van der Waals surface area (Å²) in [6, 6.07) is 7.68. The number of hydrogen-bond donors (Lipinski definition) is 3. The predicted molar refractivity (Wildman–Crippen MR) is 114 cm³/mol. The van der Waals surface area contributed by atoms with Crippen LogP contribution in [0.25, 0.3) is 0 Å². The maximum absolute atomic E-state index is 11.5. The number of aliphatic imine (C=N–C) groups is 1. The van der Waals surface area contributed by atoms with Gasteiger partial charge in [0.1, 0.15) is 5.75 Å². The Morgan fingerprint density at radius 1 is 1.18 bits per heavy atom. The van der Waals surface area contributed by atoms with E-state index < -0.39 is 0 Å². The number of guanidine groups is 1. The first-order valence-corrected chi connectivity index (χ1v) is 10.0. The highest BCUT2D eigenvalue weighted by atomic mass is 16.5. The fourth-order valence-corrected chi connectivity index (χ4v) is 2.70. The van der Waals surface area contributed by atoms with Gasteiger partial charge in [-0.1, -0.05) is 26.0 Å². The van der Waals surface area contributed by atoms with Crippen LogP contribution in [0.5, 0.6) is 5.75 Å². The fraction of sp³-hybridized carbons (Fsp3) is 0.619. The smallest absolute Gasteiger partial charge is 0.257 e. The van der Waals surface area contributed by atoms with Gasteiger partial charge in [-0.15, -0.1) is 0 Å². The Balaban J connectivity index is 2.44. The molecule has 7 nitrogen and oxygen atoms in total. The molecule has 1 rings (SSSR count). The second kappa shape index (κ2) is 13.8. The number of carbonyl (C=O) groups is 1. The molecule has 0 fully saturated rings. The largest absolute Gasteiger partial charge is 0.484 e. The van der Waals surface area contributed by atoms with Crippen LogP contribution in [0.3, 0.4) is 0 Å². The van der Waals surface area contributed by atoms with E-state index in [2.05, 4.69) is 34.8 Å². The van der Waals surface area contributed by atoms with Gasteiger partial charge in [-0.25, -0.2) is 0 Å². The maximum Gasteiger partial charge on any atom is 0.257 e. The Morgan fingerprint density at radius 3 is 2.61 bits per heavy atom. The van der Waals surface area contributed by atoms with E-state index in [-0.39, 0.29) is 18.6 Å². The number of likely N-dealkylation sites (N-methyl/N-ethyl adjacent to an activating group) is 1.